The number of nitrogens with two attached hydrogens (primary N) is 1. The zero-order chi connectivity index (χ0) is 15.2. The molecule has 1 saturated heterocycles. The highest BCUT2D eigenvalue weighted by Gasteiger charge is 2.22. The molecule has 116 valence electrons. The molecule has 0 spiro atoms. The largest absolute Gasteiger partial charge is 0.371 e. The molecular formula is C16H24FN3O. The van der Waals surface area contributed by atoms with Crippen LogP contribution in [-0.2, 0) is 0 Å². The molecule has 0 radical (unpaired) electrons. The first kappa shape index (κ1) is 15.8. The highest BCUT2D eigenvalue weighted by atomic mass is 19.1. The molecule has 1 aromatic carbocycles. The Morgan fingerprint density at radius 2 is 2.14 bits per heavy atom. The van der Waals surface area contributed by atoms with Gasteiger partial charge < -0.3 is 16.0 Å². The van der Waals surface area contributed by atoms with Crippen LogP contribution in [0.1, 0.15) is 36.5 Å². The highest BCUT2D eigenvalue weighted by molar-refractivity contribution is 5.99. The van der Waals surface area contributed by atoms with Crippen molar-refractivity contribution in [2.45, 2.75) is 26.2 Å². The first-order valence-corrected chi connectivity index (χ1v) is 7.67. The fourth-order valence-electron chi connectivity index (χ4n) is 2.98. The van der Waals surface area contributed by atoms with Crippen LogP contribution in [0.15, 0.2) is 18.2 Å². The summed E-state index contributed by atoms with van der Waals surface area (Å²) in [6.07, 6.45) is 3.17. The predicted molar refractivity (Wildman–Crippen MR) is 83.0 cm³/mol. The van der Waals surface area contributed by atoms with E-state index in [1.807, 2.05) is 0 Å². The average molecular weight is 293 g/mol. The van der Waals surface area contributed by atoms with Crippen molar-refractivity contribution in [2.75, 3.05) is 31.1 Å². The van der Waals surface area contributed by atoms with Crippen LogP contribution in [0.4, 0.5) is 10.1 Å². The molecule has 0 unspecified atom stereocenters. The molecule has 3 N–H and O–H groups in total. The van der Waals surface area contributed by atoms with E-state index in [-0.39, 0.29) is 5.56 Å². The Balaban J connectivity index is 2.24. The van der Waals surface area contributed by atoms with E-state index in [1.165, 1.54) is 6.07 Å². The fraction of sp³-hybridized carbons (Fsp3) is 0.562. The summed E-state index contributed by atoms with van der Waals surface area (Å²) in [5.74, 6) is -0.664. The molecule has 4 nitrogen and oxygen atoms in total. The number of piperidine rings is 1. The van der Waals surface area contributed by atoms with Gasteiger partial charge in [-0.2, -0.15) is 0 Å². The number of rotatable bonds is 6. The lowest BCUT2D eigenvalue weighted by Gasteiger charge is -2.32. The number of anilines is 1. The molecule has 0 aliphatic carbocycles. The van der Waals surface area contributed by atoms with Crippen LogP contribution in [-0.4, -0.2) is 32.1 Å². The minimum absolute atomic E-state index is 0.0138. The van der Waals surface area contributed by atoms with Gasteiger partial charge in [-0.25, -0.2) is 4.39 Å². The highest BCUT2D eigenvalue weighted by Crippen LogP contribution is 2.25. The monoisotopic (exact) mass is 293 g/mol. The van der Waals surface area contributed by atoms with Crippen LogP contribution < -0.4 is 16.0 Å². The standard InChI is InChI=1S/C16H24FN3O/c1-2-10-20(11-12-6-8-19-9-7-12)14-5-3-4-13(17)15(14)16(18)21/h3-5,12,19H,2,6-11H2,1H3,(H2,18,21). The summed E-state index contributed by atoms with van der Waals surface area (Å²) in [4.78, 5) is 13.7. The van der Waals surface area contributed by atoms with Gasteiger partial charge in [-0.05, 0) is 50.4 Å². The topological polar surface area (TPSA) is 58.4 Å². The van der Waals surface area contributed by atoms with E-state index in [1.54, 1.807) is 12.1 Å². The molecule has 21 heavy (non-hydrogen) atoms. The molecule has 5 heteroatoms. The van der Waals surface area contributed by atoms with Crippen molar-refractivity contribution in [3.63, 3.8) is 0 Å². The maximum atomic E-state index is 13.9. The molecule has 0 atom stereocenters. The second kappa shape index (κ2) is 7.41. The number of primary amides is 1. The molecule has 0 bridgehead atoms. The number of benzene rings is 1. The number of hydrogen-bond acceptors (Lipinski definition) is 3. The van der Waals surface area contributed by atoms with Gasteiger partial charge in [-0.1, -0.05) is 13.0 Å². The van der Waals surface area contributed by atoms with Crippen LogP contribution in [0.3, 0.4) is 0 Å². The predicted octanol–water partition coefficient (Wildman–Crippen LogP) is 2.14. The Morgan fingerprint density at radius 1 is 1.43 bits per heavy atom. The zero-order valence-electron chi connectivity index (χ0n) is 12.6. The van der Waals surface area contributed by atoms with Crippen molar-refractivity contribution in [3.05, 3.63) is 29.6 Å². The second-order valence-electron chi connectivity index (χ2n) is 5.64. The van der Waals surface area contributed by atoms with Gasteiger partial charge in [0.15, 0.2) is 0 Å². The third-order valence-electron chi connectivity index (χ3n) is 4.01. The van der Waals surface area contributed by atoms with E-state index in [0.717, 1.165) is 45.4 Å². The Kier molecular flexibility index (Phi) is 5.56. The van der Waals surface area contributed by atoms with Crippen LogP contribution >= 0.6 is 0 Å². The summed E-state index contributed by atoms with van der Waals surface area (Å²) in [7, 11) is 0. The van der Waals surface area contributed by atoms with Crippen LogP contribution in [0.2, 0.25) is 0 Å². The summed E-state index contributed by atoms with van der Waals surface area (Å²) in [5, 5.41) is 3.35. The van der Waals surface area contributed by atoms with Crippen molar-refractivity contribution in [1.29, 1.82) is 0 Å². The Hall–Kier alpha value is -1.62. The molecule has 0 aromatic heterocycles. The van der Waals surface area contributed by atoms with Gasteiger partial charge >= 0.3 is 0 Å². The third-order valence-corrected chi connectivity index (χ3v) is 4.01. The summed E-state index contributed by atoms with van der Waals surface area (Å²) >= 11 is 0. The third kappa shape index (κ3) is 3.94. The summed E-state index contributed by atoms with van der Waals surface area (Å²) in [5.41, 5.74) is 6.01. The number of nitrogens with one attached hydrogen (secondary N) is 1. The Bertz CT molecular complexity index is 486. The van der Waals surface area contributed by atoms with Gasteiger partial charge in [-0.3, -0.25) is 4.79 Å². The molecule has 1 fully saturated rings. The van der Waals surface area contributed by atoms with Crippen molar-refractivity contribution in [1.82, 2.24) is 5.32 Å². The quantitative estimate of drug-likeness (QED) is 0.845. The van der Waals surface area contributed by atoms with Crippen LogP contribution in [0, 0.1) is 11.7 Å². The van der Waals surface area contributed by atoms with Gasteiger partial charge in [0.1, 0.15) is 5.82 Å². The molecule has 1 amide bonds. The van der Waals surface area contributed by atoms with Crippen molar-refractivity contribution in [2.24, 2.45) is 11.7 Å². The fourth-order valence-corrected chi connectivity index (χ4v) is 2.98. The minimum Gasteiger partial charge on any atom is -0.371 e. The molecular weight excluding hydrogens is 269 g/mol. The van der Waals surface area contributed by atoms with Crippen molar-refractivity contribution >= 4 is 11.6 Å². The smallest absolute Gasteiger partial charge is 0.253 e. The maximum Gasteiger partial charge on any atom is 0.253 e. The van der Waals surface area contributed by atoms with Gasteiger partial charge in [0, 0.05) is 13.1 Å². The first-order valence-electron chi connectivity index (χ1n) is 7.67. The first-order chi connectivity index (χ1) is 10.1. The number of amides is 1. The van der Waals surface area contributed by atoms with E-state index in [9.17, 15) is 9.18 Å². The number of carbonyl (C=O) groups is 1. The van der Waals surface area contributed by atoms with Gasteiger partial charge in [0.25, 0.3) is 5.91 Å². The van der Waals surface area contributed by atoms with E-state index in [2.05, 4.69) is 17.1 Å². The lowest BCUT2D eigenvalue weighted by atomic mass is 9.96. The van der Waals surface area contributed by atoms with E-state index in [0.29, 0.717) is 11.6 Å². The molecule has 1 aliphatic heterocycles. The number of halogens is 1. The second-order valence-corrected chi connectivity index (χ2v) is 5.64. The molecule has 0 saturated carbocycles. The molecule has 1 aliphatic rings. The Morgan fingerprint density at radius 3 is 2.76 bits per heavy atom. The van der Waals surface area contributed by atoms with Crippen LogP contribution in [0.5, 0.6) is 0 Å². The summed E-state index contributed by atoms with van der Waals surface area (Å²) < 4.78 is 13.9. The average Bonchev–Trinajstić information content (AvgIpc) is 2.47. The number of carbonyl (C=O) groups excluding carboxylic acids is 1. The summed E-state index contributed by atoms with van der Waals surface area (Å²) in [6, 6.07) is 4.72. The van der Waals surface area contributed by atoms with Crippen LogP contribution in [0.25, 0.3) is 0 Å². The lowest BCUT2D eigenvalue weighted by molar-refractivity contribution is 0.0997. The van der Waals surface area contributed by atoms with Gasteiger partial charge in [-0.15, -0.1) is 0 Å². The molecule has 1 aromatic rings. The van der Waals surface area contributed by atoms with E-state index in [4.69, 9.17) is 5.73 Å². The lowest BCUT2D eigenvalue weighted by Crippen LogP contribution is -2.37. The van der Waals surface area contributed by atoms with Gasteiger partial charge in [0.05, 0.1) is 11.3 Å². The zero-order valence-corrected chi connectivity index (χ0v) is 12.6. The Labute approximate surface area is 125 Å². The van der Waals surface area contributed by atoms with Crippen molar-refractivity contribution < 1.29 is 9.18 Å². The normalized spacial score (nSPS) is 15.9. The van der Waals surface area contributed by atoms with E-state index >= 15 is 0 Å². The molecule has 2 rings (SSSR count). The maximum absolute atomic E-state index is 13.9. The summed E-state index contributed by atoms with van der Waals surface area (Å²) in [6.45, 7) is 5.78. The van der Waals surface area contributed by atoms with Crippen molar-refractivity contribution in [3.8, 4) is 0 Å². The van der Waals surface area contributed by atoms with Gasteiger partial charge in [0.2, 0.25) is 0 Å². The van der Waals surface area contributed by atoms with E-state index < -0.39 is 11.7 Å². The minimum atomic E-state index is -0.700. The number of nitrogens with zero attached hydrogens (tertiary/aromatic N) is 1. The number of hydrogen-bond donors (Lipinski definition) is 2. The molecule has 1 heterocycles. The SMILES string of the molecule is CCCN(CC1CCNCC1)c1cccc(F)c1C(N)=O.